The molecule has 0 aliphatic heterocycles. The Bertz CT molecular complexity index is 537. The van der Waals surface area contributed by atoms with Crippen molar-refractivity contribution in [3.8, 4) is 0 Å². The topological polar surface area (TPSA) is 93.5 Å². The quantitative estimate of drug-likeness (QED) is 0.719. The lowest BCUT2D eigenvalue weighted by Crippen LogP contribution is -2.23. The van der Waals surface area contributed by atoms with Crippen molar-refractivity contribution in [2.75, 3.05) is 25.2 Å². The molecule has 0 spiro atoms. The van der Waals surface area contributed by atoms with Gasteiger partial charge in [0.25, 0.3) is 5.91 Å². The van der Waals surface area contributed by atoms with Crippen LogP contribution in [0.2, 0.25) is 0 Å². The minimum absolute atomic E-state index is 0.173. The molecule has 1 unspecified atom stereocenters. The molecule has 1 aromatic rings. The number of amides is 1. The number of carbonyl (C=O) groups excluding carboxylic acids is 2. The predicted octanol–water partition coefficient (Wildman–Crippen LogP) is 1.69. The first kappa shape index (κ1) is 14.6. The first-order valence-electron chi connectivity index (χ1n) is 6.48. The van der Waals surface area contributed by atoms with E-state index >= 15 is 0 Å². The fourth-order valence-electron chi connectivity index (χ4n) is 2.06. The maximum Gasteiger partial charge on any atom is 0.350 e. The number of hydrogen-bond donors (Lipinski definition) is 3. The summed E-state index contributed by atoms with van der Waals surface area (Å²) in [5.74, 6) is -0.207. The van der Waals surface area contributed by atoms with E-state index < -0.39 is 5.97 Å². The van der Waals surface area contributed by atoms with Gasteiger partial charge < -0.3 is 21.1 Å². The summed E-state index contributed by atoms with van der Waals surface area (Å²) >= 11 is 1.16. The van der Waals surface area contributed by atoms with E-state index in [0.717, 1.165) is 11.3 Å². The number of nitrogen functional groups attached to an aromatic ring is 1. The fraction of sp³-hybridized carbons (Fsp3) is 0.538. The minimum atomic E-state index is -0.523. The summed E-state index contributed by atoms with van der Waals surface area (Å²) < 4.78 is 4.70. The molecule has 1 atom stereocenters. The number of rotatable bonds is 5. The molecule has 0 saturated heterocycles. The zero-order valence-corrected chi connectivity index (χ0v) is 12.6. The Hall–Kier alpha value is -1.76. The van der Waals surface area contributed by atoms with E-state index in [1.807, 2.05) is 0 Å². The molecule has 1 fully saturated rings. The molecule has 0 aromatic carbocycles. The normalized spacial score (nSPS) is 15.6. The van der Waals surface area contributed by atoms with Gasteiger partial charge in [0.1, 0.15) is 9.88 Å². The number of nitrogens with one attached hydrogen (secondary N) is 2. The molecule has 20 heavy (non-hydrogen) atoms. The van der Waals surface area contributed by atoms with Gasteiger partial charge in [-0.1, -0.05) is 0 Å². The summed E-state index contributed by atoms with van der Waals surface area (Å²) in [6.07, 6.45) is 2.38. The molecule has 6 nitrogen and oxygen atoms in total. The molecule has 1 aliphatic rings. The lowest BCUT2D eigenvalue weighted by molar-refractivity contribution is 0.0607. The SMILES string of the molecule is CNC(=O)c1c(NC(C)C2CC2)sc(C(=O)OC)c1N. The number of hydrogen-bond acceptors (Lipinski definition) is 6. The van der Waals surface area contributed by atoms with E-state index in [9.17, 15) is 9.59 Å². The van der Waals surface area contributed by atoms with Gasteiger partial charge in [0.2, 0.25) is 0 Å². The van der Waals surface area contributed by atoms with E-state index in [1.165, 1.54) is 27.0 Å². The van der Waals surface area contributed by atoms with Crippen LogP contribution in [0.25, 0.3) is 0 Å². The number of esters is 1. The molecular weight excluding hydrogens is 278 g/mol. The van der Waals surface area contributed by atoms with E-state index in [4.69, 9.17) is 10.5 Å². The van der Waals surface area contributed by atoms with Crippen LogP contribution in [0, 0.1) is 5.92 Å². The second-order valence-corrected chi connectivity index (χ2v) is 5.91. The number of anilines is 2. The maximum absolute atomic E-state index is 12.0. The molecule has 1 aliphatic carbocycles. The lowest BCUT2D eigenvalue weighted by atomic mass is 10.2. The van der Waals surface area contributed by atoms with Gasteiger partial charge in [-0.05, 0) is 25.7 Å². The summed E-state index contributed by atoms with van der Waals surface area (Å²) in [6, 6.07) is 0.252. The molecule has 4 N–H and O–H groups in total. The maximum atomic E-state index is 12.0. The summed E-state index contributed by atoms with van der Waals surface area (Å²) in [5, 5.41) is 6.47. The predicted molar refractivity (Wildman–Crippen MR) is 79.3 cm³/mol. The molecule has 1 heterocycles. The van der Waals surface area contributed by atoms with Crippen LogP contribution >= 0.6 is 11.3 Å². The van der Waals surface area contributed by atoms with Crippen LogP contribution in [0.1, 0.15) is 39.8 Å². The van der Waals surface area contributed by atoms with Crippen molar-refractivity contribution in [2.24, 2.45) is 5.92 Å². The third-order valence-electron chi connectivity index (χ3n) is 3.46. The van der Waals surface area contributed by atoms with Crippen molar-refractivity contribution in [3.63, 3.8) is 0 Å². The largest absolute Gasteiger partial charge is 0.465 e. The van der Waals surface area contributed by atoms with Gasteiger partial charge in [-0.15, -0.1) is 11.3 Å². The van der Waals surface area contributed by atoms with Gasteiger partial charge >= 0.3 is 5.97 Å². The summed E-state index contributed by atoms with van der Waals surface area (Å²) in [7, 11) is 2.83. The van der Waals surface area contributed by atoms with E-state index in [2.05, 4.69) is 17.6 Å². The van der Waals surface area contributed by atoms with Crippen LogP contribution < -0.4 is 16.4 Å². The van der Waals surface area contributed by atoms with Crippen LogP contribution in [0.5, 0.6) is 0 Å². The smallest absolute Gasteiger partial charge is 0.350 e. The molecule has 1 saturated carbocycles. The zero-order chi connectivity index (χ0) is 14.9. The van der Waals surface area contributed by atoms with Crippen LogP contribution in [0.15, 0.2) is 0 Å². The molecular formula is C13H19N3O3S. The summed E-state index contributed by atoms with van der Waals surface area (Å²) in [6.45, 7) is 2.07. The Labute approximate surface area is 121 Å². The van der Waals surface area contributed by atoms with E-state index in [0.29, 0.717) is 16.5 Å². The highest BCUT2D eigenvalue weighted by Gasteiger charge is 2.31. The number of nitrogens with two attached hydrogens (primary N) is 1. The Morgan fingerprint density at radius 1 is 1.45 bits per heavy atom. The van der Waals surface area contributed by atoms with Gasteiger partial charge in [-0.3, -0.25) is 4.79 Å². The number of ether oxygens (including phenoxy) is 1. The molecule has 2 rings (SSSR count). The third-order valence-corrected chi connectivity index (χ3v) is 4.57. The van der Waals surface area contributed by atoms with Gasteiger partial charge in [0.15, 0.2) is 0 Å². The Morgan fingerprint density at radius 3 is 2.60 bits per heavy atom. The molecule has 0 radical (unpaired) electrons. The van der Waals surface area contributed by atoms with Crippen molar-refractivity contribution < 1.29 is 14.3 Å². The Morgan fingerprint density at radius 2 is 2.10 bits per heavy atom. The molecule has 1 aromatic heterocycles. The van der Waals surface area contributed by atoms with E-state index in [-0.39, 0.29) is 22.5 Å². The highest BCUT2D eigenvalue weighted by Crippen LogP contribution is 2.40. The van der Waals surface area contributed by atoms with Crippen molar-refractivity contribution in [1.82, 2.24) is 5.32 Å². The highest BCUT2D eigenvalue weighted by atomic mass is 32.1. The molecule has 7 heteroatoms. The van der Waals surface area contributed by atoms with Gasteiger partial charge in [-0.2, -0.15) is 0 Å². The zero-order valence-electron chi connectivity index (χ0n) is 11.8. The fourth-order valence-corrected chi connectivity index (χ4v) is 3.19. The average Bonchev–Trinajstić information content (AvgIpc) is 3.23. The van der Waals surface area contributed by atoms with Crippen molar-refractivity contribution in [3.05, 3.63) is 10.4 Å². The first-order chi connectivity index (χ1) is 9.49. The molecule has 110 valence electrons. The summed E-state index contributed by atoms with van der Waals surface area (Å²) in [5.41, 5.74) is 6.43. The Kier molecular flexibility index (Phi) is 4.17. The number of thiophene rings is 1. The molecule has 0 bridgehead atoms. The lowest BCUT2D eigenvalue weighted by Gasteiger charge is -2.14. The van der Waals surface area contributed by atoms with Gasteiger partial charge in [-0.25, -0.2) is 4.79 Å². The van der Waals surface area contributed by atoms with Gasteiger partial charge in [0.05, 0.1) is 18.4 Å². The minimum Gasteiger partial charge on any atom is -0.465 e. The van der Waals surface area contributed by atoms with E-state index in [1.54, 1.807) is 0 Å². The van der Waals surface area contributed by atoms with Crippen molar-refractivity contribution in [2.45, 2.75) is 25.8 Å². The Balaban J connectivity index is 2.36. The van der Waals surface area contributed by atoms with Crippen LogP contribution in [-0.2, 0) is 4.74 Å². The second-order valence-electron chi connectivity index (χ2n) is 4.89. The standard InChI is InChI=1S/C13H19N3O3S/c1-6(7-4-5-7)16-12-8(11(17)15-2)9(14)10(20-12)13(18)19-3/h6-7,16H,4-5,14H2,1-3H3,(H,15,17). The van der Waals surface area contributed by atoms with Gasteiger partial charge in [0, 0.05) is 13.1 Å². The highest BCUT2D eigenvalue weighted by molar-refractivity contribution is 7.19. The first-order valence-corrected chi connectivity index (χ1v) is 7.30. The van der Waals surface area contributed by atoms with Crippen LogP contribution in [-0.4, -0.2) is 32.1 Å². The van der Waals surface area contributed by atoms with Crippen LogP contribution in [0.3, 0.4) is 0 Å². The second kappa shape index (κ2) is 5.70. The monoisotopic (exact) mass is 297 g/mol. The van der Waals surface area contributed by atoms with Crippen molar-refractivity contribution >= 4 is 33.9 Å². The summed E-state index contributed by atoms with van der Waals surface area (Å²) in [4.78, 5) is 23.9. The number of methoxy groups -OCH3 is 1. The average molecular weight is 297 g/mol. The van der Waals surface area contributed by atoms with Crippen molar-refractivity contribution in [1.29, 1.82) is 0 Å². The van der Waals surface area contributed by atoms with Crippen LogP contribution in [0.4, 0.5) is 10.7 Å². The molecule has 1 amide bonds. The number of carbonyl (C=O) groups is 2. The third kappa shape index (κ3) is 2.72.